The molecule has 1 rings (SSSR count). The van der Waals surface area contributed by atoms with Gasteiger partial charge >= 0.3 is 0 Å². The first kappa shape index (κ1) is 22.9. The van der Waals surface area contributed by atoms with Crippen LogP contribution in [-0.2, 0) is 4.79 Å². The molecule has 0 unspecified atom stereocenters. The summed E-state index contributed by atoms with van der Waals surface area (Å²) in [5.74, 6) is -0.185. The highest BCUT2D eigenvalue weighted by atomic mass is 32.1. The summed E-state index contributed by atoms with van der Waals surface area (Å²) in [5, 5.41) is 7.11. The largest absolute Gasteiger partial charge is 0.359 e. The third kappa shape index (κ3) is 13.6. The highest BCUT2D eigenvalue weighted by Crippen LogP contribution is 2.12. The third-order valence-corrected chi connectivity index (χ3v) is 3.42. The van der Waals surface area contributed by atoms with E-state index in [-0.39, 0.29) is 11.8 Å². The van der Waals surface area contributed by atoms with Crippen molar-refractivity contribution in [1.29, 1.82) is 0 Å². The molecule has 1 aromatic heterocycles. The van der Waals surface area contributed by atoms with E-state index in [1.807, 2.05) is 18.4 Å². The molecular formula is C17H32N2O2S. The molecule has 1 aromatic rings. The van der Waals surface area contributed by atoms with Gasteiger partial charge in [-0.25, -0.2) is 0 Å². The number of unbranched alkanes of at least 4 members (excludes halogenated alkanes) is 1. The average molecular weight is 329 g/mol. The van der Waals surface area contributed by atoms with Crippen molar-refractivity contribution in [2.24, 2.45) is 0 Å². The van der Waals surface area contributed by atoms with Gasteiger partial charge in [0.25, 0.3) is 5.91 Å². The third-order valence-electron chi connectivity index (χ3n) is 2.37. The summed E-state index contributed by atoms with van der Waals surface area (Å²) in [4.78, 5) is 23.1. The fraction of sp³-hybridized carbons (Fsp3) is 0.647. The Balaban J connectivity index is 0. The number of hydrogen-bond acceptors (Lipinski definition) is 3. The monoisotopic (exact) mass is 328 g/mol. The molecule has 0 radical (unpaired) electrons. The number of aryl methyl sites for hydroxylation is 1. The predicted molar refractivity (Wildman–Crippen MR) is 96.6 cm³/mol. The van der Waals surface area contributed by atoms with E-state index >= 15 is 0 Å². The van der Waals surface area contributed by atoms with Crippen molar-refractivity contribution >= 4 is 23.2 Å². The molecule has 0 bridgehead atoms. The Labute approximate surface area is 139 Å². The van der Waals surface area contributed by atoms with Crippen LogP contribution in [0.25, 0.3) is 0 Å². The van der Waals surface area contributed by atoms with E-state index in [0.29, 0.717) is 17.8 Å². The fourth-order valence-corrected chi connectivity index (χ4v) is 1.87. The number of nitrogens with one attached hydrogen (secondary N) is 2. The van der Waals surface area contributed by atoms with Gasteiger partial charge in [0.15, 0.2) is 0 Å². The Kier molecular flexibility index (Phi) is 16.7. The zero-order valence-corrected chi connectivity index (χ0v) is 15.7. The minimum absolute atomic E-state index is 0.0716. The van der Waals surface area contributed by atoms with Crippen LogP contribution >= 0.6 is 11.3 Å². The Bertz CT molecular complexity index is 401. The van der Waals surface area contributed by atoms with Gasteiger partial charge in [-0.3, -0.25) is 9.59 Å². The Morgan fingerprint density at radius 2 is 1.68 bits per heavy atom. The molecule has 22 heavy (non-hydrogen) atoms. The zero-order valence-electron chi connectivity index (χ0n) is 14.9. The van der Waals surface area contributed by atoms with Crippen molar-refractivity contribution in [3.8, 4) is 0 Å². The molecule has 0 aromatic carbocycles. The van der Waals surface area contributed by atoms with E-state index in [4.69, 9.17) is 0 Å². The normalized spacial score (nSPS) is 8.82. The minimum Gasteiger partial charge on any atom is -0.359 e. The minimum atomic E-state index is -0.114. The molecule has 0 saturated heterocycles. The number of rotatable bonds is 5. The summed E-state index contributed by atoms with van der Waals surface area (Å²) in [6.07, 6.45) is 4.20. The van der Waals surface area contributed by atoms with Crippen molar-refractivity contribution in [3.05, 3.63) is 21.9 Å². The lowest BCUT2D eigenvalue weighted by Crippen LogP contribution is -2.28. The Hall–Kier alpha value is -1.36. The van der Waals surface area contributed by atoms with Crippen molar-refractivity contribution in [2.45, 2.75) is 60.3 Å². The molecule has 0 saturated carbocycles. The molecule has 1 heterocycles. The molecule has 0 atom stereocenters. The van der Waals surface area contributed by atoms with Crippen LogP contribution in [0.2, 0.25) is 0 Å². The van der Waals surface area contributed by atoms with Crippen LogP contribution in [0.5, 0.6) is 0 Å². The first-order chi connectivity index (χ1) is 10.5. The lowest BCUT2D eigenvalue weighted by atomic mass is 10.3. The lowest BCUT2D eigenvalue weighted by molar-refractivity contribution is -0.120. The fourth-order valence-electron chi connectivity index (χ4n) is 1.05. The van der Waals surface area contributed by atoms with Crippen LogP contribution in [0.4, 0.5) is 0 Å². The van der Waals surface area contributed by atoms with Gasteiger partial charge in [0.1, 0.15) is 0 Å². The van der Waals surface area contributed by atoms with Gasteiger partial charge < -0.3 is 10.6 Å². The average Bonchev–Trinajstić information content (AvgIpc) is 2.94. The SMILES string of the molecule is CCC.CCCC.CNC(=O)CCNC(=O)c1cc(C)cs1. The number of carbonyl (C=O) groups is 2. The number of hydrogen-bond donors (Lipinski definition) is 2. The van der Waals surface area contributed by atoms with Crippen LogP contribution < -0.4 is 10.6 Å². The smallest absolute Gasteiger partial charge is 0.261 e. The molecule has 0 aliphatic rings. The lowest BCUT2D eigenvalue weighted by Gasteiger charge is -2.02. The first-order valence-electron chi connectivity index (χ1n) is 8.00. The first-order valence-corrected chi connectivity index (χ1v) is 8.88. The second-order valence-electron chi connectivity index (χ2n) is 4.87. The standard InChI is InChI=1S/C10H14N2O2S.C4H10.C3H8/c1-7-5-8(15-6-7)10(14)12-4-3-9(13)11-2;1-3-4-2;1-3-2/h5-6H,3-4H2,1-2H3,(H,11,13)(H,12,14);3-4H2,1-2H3;3H2,1-2H3. The molecule has 0 aliphatic carbocycles. The second-order valence-corrected chi connectivity index (χ2v) is 5.79. The van der Waals surface area contributed by atoms with Crippen LogP contribution in [0.3, 0.4) is 0 Å². The van der Waals surface area contributed by atoms with Crippen molar-refractivity contribution < 1.29 is 9.59 Å². The van der Waals surface area contributed by atoms with Crippen LogP contribution in [0.1, 0.15) is 68.6 Å². The molecule has 128 valence electrons. The van der Waals surface area contributed by atoms with E-state index in [1.54, 1.807) is 7.05 Å². The predicted octanol–water partition coefficient (Wildman–Crippen LogP) is 4.15. The van der Waals surface area contributed by atoms with Gasteiger partial charge in [0, 0.05) is 20.0 Å². The molecule has 2 amide bonds. The number of thiophene rings is 1. The maximum absolute atomic E-state index is 11.5. The molecule has 2 N–H and O–H groups in total. The molecular weight excluding hydrogens is 296 g/mol. The maximum Gasteiger partial charge on any atom is 0.261 e. The quantitative estimate of drug-likeness (QED) is 0.853. The van der Waals surface area contributed by atoms with Crippen LogP contribution in [0.15, 0.2) is 11.4 Å². The summed E-state index contributed by atoms with van der Waals surface area (Å²) < 4.78 is 0. The number of carbonyl (C=O) groups excluding carboxylic acids is 2. The second kappa shape index (κ2) is 16.0. The van der Waals surface area contributed by atoms with Gasteiger partial charge in [-0.1, -0.05) is 47.0 Å². The number of amides is 2. The molecule has 0 fully saturated rings. The highest BCUT2D eigenvalue weighted by molar-refractivity contribution is 7.12. The van der Waals surface area contributed by atoms with Crippen LogP contribution in [0, 0.1) is 6.92 Å². The van der Waals surface area contributed by atoms with Crippen molar-refractivity contribution in [1.82, 2.24) is 10.6 Å². The van der Waals surface area contributed by atoms with E-state index < -0.39 is 0 Å². The van der Waals surface area contributed by atoms with Gasteiger partial charge in [-0.05, 0) is 23.9 Å². The van der Waals surface area contributed by atoms with Gasteiger partial charge in [0.2, 0.25) is 5.91 Å². The van der Waals surface area contributed by atoms with Crippen molar-refractivity contribution in [3.63, 3.8) is 0 Å². The van der Waals surface area contributed by atoms with Crippen molar-refractivity contribution in [2.75, 3.05) is 13.6 Å². The molecule has 0 spiro atoms. The van der Waals surface area contributed by atoms with Gasteiger partial charge in [-0.2, -0.15) is 0 Å². The molecule has 4 nitrogen and oxygen atoms in total. The zero-order chi connectivity index (χ0) is 17.4. The van der Waals surface area contributed by atoms with Gasteiger partial charge in [-0.15, -0.1) is 11.3 Å². The Morgan fingerprint density at radius 3 is 2.05 bits per heavy atom. The van der Waals surface area contributed by atoms with Crippen LogP contribution in [-0.4, -0.2) is 25.4 Å². The summed E-state index contributed by atoms with van der Waals surface area (Å²) in [5.41, 5.74) is 1.08. The maximum atomic E-state index is 11.5. The highest BCUT2D eigenvalue weighted by Gasteiger charge is 2.07. The Morgan fingerprint density at radius 1 is 1.14 bits per heavy atom. The topological polar surface area (TPSA) is 58.2 Å². The van der Waals surface area contributed by atoms with E-state index in [2.05, 4.69) is 38.3 Å². The van der Waals surface area contributed by atoms with E-state index in [0.717, 1.165) is 5.56 Å². The van der Waals surface area contributed by atoms with E-state index in [1.165, 1.54) is 30.6 Å². The molecule has 5 heteroatoms. The summed E-state index contributed by atoms with van der Waals surface area (Å²) >= 11 is 1.41. The van der Waals surface area contributed by atoms with E-state index in [9.17, 15) is 9.59 Å². The molecule has 0 aliphatic heterocycles. The summed E-state index contributed by atoms with van der Waals surface area (Å²) in [7, 11) is 1.58. The summed E-state index contributed by atoms with van der Waals surface area (Å²) in [6.45, 7) is 10.9. The summed E-state index contributed by atoms with van der Waals surface area (Å²) in [6, 6.07) is 1.83. The van der Waals surface area contributed by atoms with Gasteiger partial charge in [0.05, 0.1) is 4.88 Å².